The molecule has 3 rings (SSSR count). The summed E-state index contributed by atoms with van der Waals surface area (Å²) in [5.74, 6) is 0. The lowest BCUT2D eigenvalue weighted by Gasteiger charge is -1.92. The van der Waals surface area contributed by atoms with Crippen LogP contribution in [0.3, 0.4) is 0 Å². The molecule has 2 nitrogen and oxygen atoms in total. The molecule has 0 aliphatic heterocycles. The van der Waals surface area contributed by atoms with Crippen molar-refractivity contribution in [2.75, 3.05) is 0 Å². The minimum absolute atomic E-state index is 0.652. The Balaban J connectivity index is 2.47. The van der Waals surface area contributed by atoms with Gasteiger partial charge in [0, 0.05) is 10.1 Å². The molecule has 0 spiro atoms. The highest BCUT2D eigenvalue weighted by molar-refractivity contribution is 7.25. The number of carbonyl (C=O) groups excluding carboxylic acids is 1. The van der Waals surface area contributed by atoms with Crippen LogP contribution in [0.25, 0.3) is 20.3 Å². The summed E-state index contributed by atoms with van der Waals surface area (Å²) in [6.07, 6.45) is 0.856. The van der Waals surface area contributed by atoms with E-state index < -0.39 is 0 Å². The van der Waals surface area contributed by atoms with Gasteiger partial charge in [-0.25, -0.2) is 0 Å². The van der Waals surface area contributed by atoms with E-state index in [0.717, 1.165) is 16.5 Å². The molecule has 0 atom stereocenters. The Morgan fingerprint density at radius 3 is 2.93 bits per heavy atom. The lowest BCUT2D eigenvalue weighted by molar-refractivity contribution is 0.112. The number of aldehydes is 1. The topological polar surface area (TPSA) is 32.9 Å². The van der Waals surface area contributed by atoms with Gasteiger partial charge in [-0.1, -0.05) is 11.6 Å². The fourth-order valence-corrected chi connectivity index (χ4v) is 2.94. The average Bonchev–Trinajstić information content (AvgIpc) is 2.75. The van der Waals surface area contributed by atoms with Gasteiger partial charge in [-0.15, -0.1) is 11.3 Å². The summed E-state index contributed by atoms with van der Waals surface area (Å²) in [6.45, 7) is 2.08. The molecule has 0 aliphatic carbocycles. The molecule has 1 N–H and O–H groups in total. The second-order valence-electron chi connectivity index (χ2n) is 3.68. The van der Waals surface area contributed by atoms with E-state index >= 15 is 0 Å². The number of hydrogen-bond acceptors (Lipinski definition) is 2. The zero-order valence-corrected chi connectivity index (χ0v) is 9.02. The van der Waals surface area contributed by atoms with Gasteiger partial charge in [-0.3, -0.25) is 4.79 Å². The van der Waals surface area contributed by atoms with Crippen LogP contribution in [0, 0.1) is 6.92 Å². The molecule has 1 aromatic carbocycles. The van der Waals surface area contributed by atoms with Gasteiger partial charge in [0.15, 0.2) is 6.29 Å². The maximum Gasteiger partial charge on any atom is 0.166 e. The Morgan fingerprint density at radius 2 is 2.13 bits per heavy atom. The van der Waals surface area contributed by atoms with Crippen molar-refractivity contribution in [1.82, 2.24) is 4.98 Å². The first kappa shape index (κ1) is 8.68. The fraction of sp³-hybridized carbons (Fsp3) is 0.0833. The number of hydrogen-bond donors (Lipinski definition) is 1. The SMILES string of the molecule is Cc1ccc2sc3cc(C=O)[nH]c3c2c1. The van der Waals surface area contributed by atoms with Crippen LogP contribution in [0.2, 0.25) is 0 Å². The largest absolute Gasteiger partial charge is 0.351 e. The van der Waals surface area contributed by atoms with Crippen molar-refractivity contribution in [3.05, 3.63) is 35.5 Å². The van der Waals surface area contributed by atoms with E-state index in [4.69, 9.17) is 0 Å². The lowest BCUT2D eigenvalue weighted by Crippen LogP contribution is -1.76. The summed E-state index contributed by atoms with van der Waals surface area (Å²) in [4.78, 5) is 13.8. The zero-order chi connectivity index (χ0) is 10.4. The molecule has 0 bridgehead atoms. The van der Waals surface area contributed by atoms with Crippen molar-refractivity contribution in [2.24, 2.45) is 0 Å². The van der Waals surface area contributed by atoms with Gasteiger partial charge in [0.1, 0.15) is 0 Å². The van der Waals surface area contributed by atoms with Crippen LogP contribution in [0.15, 0.2) is 24.3 Å². The number of nitrogens with one attached hydrogen (secondary N) is 1. The number of aromatic amines is 1. The number of fused-ring (bicyclic) bond motifs is 3. The summed E-state index contributed by atoms with van der Waals surface area (Å²) < 4.78 is 2.41. The van der Waals surface area contributed by atoms with E-state index in [1.807, 2.05) is 6.07 Å². The minimum atomic E-state index is 0.652. The molecule has 0 radical (unpaired) electrons. The molecule has 2 heterocycles. The number of rotatable bonds is 1. The van der Waals surface area contributed by atoms with E-state index in [2.05, 4.69) is 30.1 Å². The lowest BCUT2D eigenvalue weighted by atomic mass is 10.2. The minimum Gasteiger partial charge on any atom is -0.351 e. The van der Waals surface area contributed by atoms with E-state index in [9.17, 15) is 4.79 Å². The predicted octanol–water partition coefficient (Wildman–Crippen LogP) is 3.50. The van der Waals surface area contributed by atoms with Crippen LogP contribution in [-0.2, 0) is 0 Å². The van der Waals surface area contributed by atoms with Crippen LogP contribution < -0.4 is 0 Å². The van der Waals surface area contributed by atoms with Gasteiger partial charge in [0.25, 0.3) is 0 Å². The van der Waals surface area contributed by atoms with Gasteiger partial charge in [-0.2, -0.15) is 0 Å². The predicted molar refractivity (Wildman–Crippen MR) is 63.8 cm³/mol. The first-order valence-corrected chi connectivity index (χ1v) is 5.56. The van der Waals surface area contributed by atoms with Gasteiger partial charge >= 0.3 is 0 Å². The second-order valence-corrected chi connectivity index (χ2v) is 4.77. The van der Waals surface area contributed by atoms with Crippen molar-refractivity contribution in [3.8, 4) is 0 Å². The van der Waals surface area contributed by atoms with Crippen molar-refractivity contribution in [1.29, 1.82) is 0 Å². The Hall–Kier alpha value is -1.61. The Kier molecular flexibility index (Phi) is 1.70. The highest BCUT2D eigenvalue weighted by atomic mass is 32.1. The van der Waals surface area contributed by atoms with Crippen LogP contribution in [-0.4, -0.2) is 11.3 Å². The van der Waals surface area contributed by atoms with Crippen LogP contribution in [0.5, 0.6) is 0 Å². The van der Waals surface area contributed by atoms with Crippen molar-refractivity contribution in [3.63, 3.8) is 0 Å². The Labute approximate surface area is 90.5 Å². The molecule has 15 heavy (non-hydrogen) atoms. The normalized spacial score (nSPS) is 11.3. The number of thiophene rings is 1. The third-order valence-corrected chi connectivity index (χ3v) is 3.67. The van der Waals surface area contributed by atoms with Gasteiger partial charge < -0.3 is 4.98 Å². The van der Waals surface area contributed by atoms with E-state index in [1.54, 1.807) is 11.3 Å². The highest BCUT2D eigenvalue weighted by Gasteiger charge is 2.07. The first-order chi connectivity index (χ1) is 7.28. The second kappa shape index (κ2) is 2.94. The van der Waals surface area contributed by atoms with Crippen molar-refractivity contribution in [2.45, 2.75) is 6.92 Å². The number of benzene rings is 1. The fourth-order valence-electron chi connectivity index (χ4n) is 1.85. The standard InChI is InChI=1S/C12H9NOS/c1-7-2-3-10-9(4-7)12-11(15-10)5-8(6-14)13-12/h2-6,13H,1H3. The number of aryl methyl sites for hydroxylation is 1. The molecule has 74 valence electrons. The Morgan fingerprint density at radius 1 is 1.27 bits per heavy atom. The molecule has 0 saturated heterocycles. The number of aromatic nitrogens is 1. The molecule has 0 fully saturated rings. The van der Waals surface area contributed by atoms with Crippen molar-refractivity contribution >= 4 is 37.9 Å². The summed E-state index contributed by atoms with van der Waals surface area (Å²) in [5, 5.41) is 1.21. The number of H-pyrrole nitrogens is 1. The summed E-state index contributed by atoms with van der Waals surface area (Å²) >= 11 is 1.72. The van der Waals surface area contributed by atoms with Gasteiger partial charge in [-0.05, 0) is 25.1 Å². The molecule has 0 aliphatic rings. The maximum atomic E-state index is 10.7. The highest BCUT2D eigenvalue weighted by Crippen LogP contribution is 2.34. The summed E-state index contributed by atoms with van der Waals surface area (Å²) in [6, 6.07) is 8.30. The van der Waals surface area contributed by atoms with Crippen LogP contribution in [0.4, 0.5) is 0 Å². The third-order valence-electron chi connectivity index (χ3n) is 2.55. The molecule has 2 aromatic heterocycles. The van der Waals surface area contributed by atoms with Gasteiger partial charge in [0.2, 0.25) is 0 Å². The van der Waals surface area contributed by atoms with Crippen LogP contribution in [0.1, 0.15) is 16.1 Å². The quantitative estimate of drug-likeness (QED) is 0.619. The smallest absolute Gasteiger partial charge is 0.166 e. The van der Waals surface area contributed by atoms with Crippen molar-refractivity contribution < 1.29 is 4.79 Å². The molecule has 0 amide bonds. The summed E-state index contributed by atoms with van der Waals surface area (Å²) in [5.41, 5.74) is 2.98. The number of carbonyl (C=O) groups is 1. The molecule has 3 heteroatoms. The molecular formula is C12H9NOS. The Bertz CT molecular complexity index is 663. The monoisotopic (exact) mass is 215 g/mol. The van der Waals surface area contributed by atoms with E-state index in [-0.39, 0.29) is 0 Å². The maximum absolute atomic E-state index is 10.7. The van der Waals surface area contributed by atoms with Crippen LogP contribution >= 0.6 is 11.3 Å². The molecule has 0 saturated carbocycles. The third kappa shape index (κ3) is 1.20. The van der Waals surface area contributed by atoms with E-state index in [0.29, 0.717) is 5.69 Å². The molecule has 3 aromatic rings. The molecular weight excluding hydrogens is 206 g/mol. The molecule has 0 unspecified atom stereocenters. The van der Waals surface area contributed by atoms with E-state index in [1.165, 1.54) is 15.6 Å². The summed E-state index contributed by atoms with van der Waals surface area (Å²) in [7, 11) is 0. The average molecular weight is 215 g/mol. The van der Waals surface area contributed by atoms with Gasteiger partial charge in [0.05, 0.1) is 15.9 Å². The zero-order valence-electron chi connectivity index (χ0n) is 8.20. The first-order valence-electron chi connectivity index (χ1n) is 4.75.